The van der Waals surface area contributed by atoms with Gasteiger partial charge in [-0.05, 0) is 75.4 Å². The fourth-order valence-corrected chi connectivity index (χ4v) is 4.23. The molecule has 0 radical (unpaired) electrons. The van der Waals surface area contributed by atoms with E-state index in [2.05, 4.69) is 39.8 Å². The Kier molecular flexibility index (Phi) is 6.89. The second kappa shape index (κ2) is 9.98. The van der Waals surface area contributed by atoms with Gasteiger partial charge in [-0.15, -0.1) is 0 Å². The zero-order valence-corrected chi connectivity index (χ0v) is 18.6. The maximum absolute atomic E-state index is 5.76. The molecular formula is C25H32N4O2. The Hall–Kier alpha value is -2.83. The van der Waals surface area contributed by atoms with Crippen molar-refractivity contribution in [2.45, 2.75) is 6.42 Å². The Labute approximate surface area is 184 Å². The van der Waals surface area contributed by atoms with Crippen LogP contribution in [0.1, 0.15) is 6.42 Å². The summed E-state index contributed by atoms with van der Waals surface area (Å²) in [7, 11) is 5.65. The molecule has 31 heavy (non-hydrogen) atoms. The number of benzene rings is 2. The minimum Gasteiger partial charge on any atom is -0.497 e. The zero-order valence-electron chi connectivity index (χ0n) is 18.6. The molecule has 1 aliphatic rings. The normalized spacial score (nSPS) is 16.1. The van der Waals surface area contributed by atoms with Gasteiger partial charge >= 0.3 is 0 Å². The first kappa shape index (κ1) is 21.4. The average molecular weight is 421 g/mol. The minimum atomic E-state index is 0.650. The first-order valence-electron chi connectivity index (χ1n) is 11.0. The zero-order chi connectivity index (χ0) is 21.6. The van der Waals surface area contributed by atoms with E-state index in [1.807, 2.05) is 38.4 Å². The highest BCUT2D eigenvalue weighted by atomic mass is 16.5. The van der Waals surface area contributed by atoms with Gasteiger partial charge in [-0.1, -0.05) is 0 Å². The van der Waals surface area contributed by atoms with Crippen molar-refractivity contribution in [1.29, 1.82) is 0 Å². The van der Waals surface area contributed by atoms with Crippen molar-refractivity contribution in [3.8, 4) is 22.8 Å². The summed E-state index contributed by atoms with van der Waals surface area (Å²) in [6, 6.07) is 16.6. The quantitative estimate of drug-likeness (QED) is 0.516. The average Bonchev–Trinajstić information content (AvgIpc) is 3.27. The van der Waals surface area contributed by atoms with Crippen molar-refractivity contribution in [3.63, 3.8) is 0 Å². The summed E-state index contributed by atoms with van der Waals surface area (Å²) >= 11 is 0. The second-order valence-corrected chi connectivity index (χ2v) is 8.04. The van der Waals surface area contributed by atoms with Crippen LogP contribution in [0.15, 0.2) is 48.5 Å². The smallest absolute Gasteiger partial charge is 0.121 e. The van der Waals surface area contributed by atoms with E-state index in [1.54, 1.807) is 7.11 Å². The van der Waals surface area contributed by atoms with E-state index in [0.717, 1.165) is 54.5 Å². The number of nitrogens with one attached hydrogen (secondary N) is 2. The lowest BCUT2D eigenvalue weighted by molar-refractivity contribution is 0.318. The van der Waals surface area contributed by atoms with Crippen LogP contribution in [0.2, 0.25) is 0 Å². The van der Waals surface area contributed by atoms with Gasteiger partial charge in [0.05, 0.1) is 18.3 Å². The summed E-state index contributed by atoms with van der Waals surface area (Å²) < 4.78 is 11.2. The topological polar surface area (TPSA) is 58.7 Å². The monoisotopic (exact) mass is 420 g/mol. The summed E-state index contributed by atoms with van der Waals surface area (Å²) in [4.78, 5) is 7.47. The molecule has 3 aromatic rings. The van der Waals surface area contributed by atoms with E-state index in [1.165, 1.54) is 17.5 Å². The summed E-state index contributed by atoms with van der Waals surface area (Å²) in [5.41, 5.74) is 4.25. The van der Waals surface area contributed by atoms with Gasteiger partial charge in [0, 0.05) is 42.3 Å². The Balaban J connectivity index is 1.68. The number of pyridine rings is 1. The van der Waals surface area contributed by atoms with Gasteiger partial charge < -0.3 is 25.0 Å². The number of hydrogen-bond acceptors (Lipinski definition) is 6. The molecule has 4 rings (SSSR count). The van der Waals surface area contributed by atoms with Gasteiger partial charge in [0.2, 0.25) is 0 Å². The molecule has 6 heteroatoms. The molecule has 164 valence electrons. The van der Waals surface area contributed by atoms with Crippen molar-refractivity contribution in [3.05, 3.63) is 48.5 Å². The summed E-state index contributed by atoms with van der Waals surface area (Å²) in [6.45, 7) is 4.65. The molecule has 1 fully saturated rings. The molecule has 1 atom stereocenters. The highest BCUT2D eigenvalue weighted by molar-refractivity contribution is 5.95. The molecule has 2 aromatic carbocycles. The lowest BCUT2D eigenvalue weighted by atomic mass is 10.1. The predicted octanol–water partition coefficient (Wildman–Crippen LogP) is 3.55. The number of ether oxygens (including phenoxy) is 2. The van der Waals surface area contributed by atoms with Gasteiger partial charge in [0.1, 0.15) is 18.1 Å². The molecule has 1 unspecified atom stereocenters. The minimum absolute atomic E-state index is 0.650. The van der Waals surface area contributed by atoms with Crippen molar-refractivity contribution in [2.75, 3.05) is 58.9 Å². The third kappa shape index (κ3) is 4.92. The summed E-state index contributed by atoms with van der Waals surface area (Å²) in [5.74, 6) is 2.37. The second-order valence-electron chi connectivity index (χ2n) is 8.04. The Morgan fingerprint density at radius 2 is 1.84 bits per heavy atom. The van der Waals surface area contributed by atoms with Gasteiger partial charge in [-0.2, -0.15) is 0 Å². The van der Waals surface area contributed by atoms with Crippen molar-refractivity contribution in [1.82, 2.24) is 15.6 Å². The standard InChI is InChI=1S/C25H32N4O2/c1-26-11-13-31-20-6-4-19(5-7-20)23-15-25(29-12-10-18(17-29)16-27-2)22-9-8-21(30-3)14-24(22)28-23/h4-9,14-15,18,26-27H,10-13,16-17H2,1-3H3. The van der Waals surface area contributed by atoms with Gasteiger partial charge in [0.15, 0.2) is 0 Å². The van der Waals surface area contributed by atoms with E-state index in [0.29, 0.717) is 12.5 Å². The number of likely N-dealkylation sites (N-methyl/N-ethyl adjacent to an activating group) is 1. The van der Waals surface area contributed by atoms with Crippen molar-refractivity contribution < 1.29 is 9.47 Å². The van der Waals surface area contributed by atoms with Crippen molar-refractivity contribution in [2.24, 2.45) is 5.92 Å². The Bertz CT molecular complexity index is 1010. The molecule has 0 bridgehead atoms. The third-order valence-corrected chi connectivity index (χ3v) is 5.89. The lowest BCUT2D eigenvalue weighted by Crippen LogP contribution is -2.24. The number of aromatic nitrogens is 1. The van der Waals surface area contributed by atoms with Crippen molar-refractivity contribution >= 4 is 16.6 Å². The molecule has 2 N–H and O–H groups in total. The van der Waals surface area contributed by atoms with Crippen LogP contribution in [-0.4, -0.2) is 59.0 Å². The van der Waals surface area contributed by atoms with Gasteiger partial charge in [-0.25, -0.2) is 4.98 Å². The highest BCUT2D eigenvalue weighted by Crippen LogP contribution is 2.35. The maximum Gasteiger partial charge on any atom is 0.121 e. The van der Waals surface area contributed by atoms with E-state index >= 15 is 0 Å². The third-order valence-electron chi connectivity index (χ3n) is 5.89. The molecule has 1 aromatic heterocycles. The van der Waals surface area contributed by atoms with E-state index in [4.69, 9.17) is 14.5 Å². The van der Waals surface area contributed by atoms with Crippen LogP contribution < -0.4 is 25.0 Å². The molecule has 0 aliphatic carbocycles. The van der Waals surface area contributed by atoms with Crippen LogP contribution in [0.25, 0.3) is 22.2 Å². The first-order chi connectivity index (χ1) is 15.2. The maximum atomic E-state index is 5.76. The molecule has 0 amide bonds. The molecular weight excluding hydrogens is 388 g/mol. The molecule has 1 saturated heterocycles. The number of hydrogen-bond donors (Lipinski definition) is 2. The SMILES string of the molecule is CNCCOc1ccc(-c2cc(N3CCC(CNC)C3)c3ccc(OC)cc3n2)cc1. The van der Waals surface area contributed by atoms with Crippen LogP contribution in [0.5, 0.6) is 11.5 Å². The number of nitrogens with zero attached hydrogens (tertiary/aromatic N) is 2. The first-order valence-corrected chi connectivity index (χ1v) is 11.0. The van der Waals surface area contributed by atoms with Crippen LogP contribution in [0.3, 0.4) is 0 Å². The van der Waals surface area contributed by atoms with E-state index in [9.17, 15) is 0 Å². The Morgan fingerprint density at radius 3 is 2.58 bits per heavy atom. The molecule has 0 spiro atoms. The number of rotatable bonds is 9. The Morgan fingerprint density at radius 1 is 1.03 bits per heavy atom. The van der Waals surface area contributed by atoms with Crippen LogP contribution in [0.4, 0.5) is 5.69 Å². The number of anilines is 1. The number of fused-ring (bicyclic) bond motifs is 1. The van der Waals surface area contributed by atoms with Crippen LogP contribution in [-0.2, 0) is 0 Å². The fourth-order valence-electron chi connectivity index (χ4n) is 4.23. The van der Waals surface area contributed by atoms with Gasteiger partial charge in [0.25, 0.3) is 0 Å². The lowest BCUT2D eigenvalue weighted by Gasteiger charge is -2.22. The summed E-state index contributed by atoms with van der Waals surface area (Å²) in [6.07, 6.45) is 1.20. The predicted molar refractivity (Wildman–Crippen MR) is 127 cm³/mol. The molecule has 2 heterocycles. The largest absolute Gasteiger partial charge is 0.497 e. The molecule has 0 saturated carbocycles. The molecule has 1 aliphatic heterocycles. The summed E-state index contributed by atoms with van der Waals surface area (Å²) in [5, 5.41) is 7.58. The van der Waals surface area contributed by atoms with Crippen LogP contribution >= 0.6 is 0 Å². The number of methoxy groups -OCH3 is 1. The highest BCUT2D eigenvalue weighted by Gasteiger charge is 2.24. The van der Waals surface area contributed by atoms with E-state index in [-0.39, 0.29) is 0 Å². The van der Waals surface area contributed by atoms with Gasteiger partial charge in [-0.3, -0.25) is 0 Å². The molecule has 6 nitrogen and oxygen atoms in total. The fraction of sp³-hybridized carbons (Fsp3) is 0.400. The van der Waals surface area contributed by atoms with Crippen LogP contribution in [0, 0.1) is 5.92 Å². The van der Waals surface area contributed by atoms with E-state index < -0.39 is 0 Å².